The summed E-state index contributed by atoms with van der Waals surface area (Å²) in [5.41, 5.74) is 3.93. The van der Waals surface area contributed by atoms with Gasteiger partial charge in [-0.1, -0.05) is 66.7 Å². The Morgan fingerprint density at radius 1 is 0.967 bits per heavy atom. The largest absolute Gasteiger partial charge is 0.491 e. The maximum absolute atomic E-state index is 12.7. The topological polar surface area (TPSA) is 58.6 Å². The first-order valence-electron chi connectivity index (χ1n) is 10.1. The average Bonchev–Trinajstić information content (AvgIpc) is 2.93. The molecule has 0 unspecified atom stereocenters. The molecule has 3 aromatic carbocycles. The van der Waals surface area contributed by atoms with Gasteiger partial charge in [-0.05, 0) is 35.7 Å². The molecule has 0 aliphatic carbocycles. The van der Waals surface area contributed by atoms with Crippen molar-refractivity contribution in [2.24, 2.45) is 0 Å². The summed E-state index contributed by atoms with van der Waals surface area (Å²) in [5.74, 6) is 0.301. The Morgan fingerprint density at radius 2 is 1.63 bits per heavy atom. The van der Waals surface area contributed by atoms with Gasteiger partial charge in [-0.3, -0.25) is 14.5 Å². The van der Waals surface area contributed by atoms with Crippen molar-refractivity contribution in [2.75, 3.05) is 18.1 Å². The fraction of sp³-hybridized carbons (Fsp3) is 0.200. The van der Waals surface area contributed by atoms with Crippen LogP contribution in [0.4, 0.5) is 5.69 Å². The molecule has 0 saturated carbocycles. The van der Waals surface area contributed by atoms with E-state index in [2.05, 4.69) is 29.6 Å². The lowest BCUT2D eigenvalue weighted by molar-refractivity contribution is -0.124. The summed E-state index contributed by atoms with van der Waals surface area (Å²) in [6.45, 7) is 2.22. The van der Waals surface area contributed by atoms with E-state index in [1.54, 1.807) is 6.07 Å². The van der Waals surface area contributed by atoms with Gasteiger partial charge >= 0.3 is 0 Å². The van der Waals surface area contributed by atoms with Gasteiger partial charge in [-0.2, -0.15) is 0 Å². The van der Waals surface area contributed by atoms with Crippen LogP contribution in [0.2, 0.25) is 0 Å². The molecule has 3 aromatic rings. The molecule has 0 radical (unpaired) electrons. The molecule has 0 saturated heterocycles. The number of anilines is 1. The molecule has 4 rings (SSSR count). The summed E-state index contributed by atoms with van der Waals surface area (Å²) < 4.78 is 5.63. The van der Waals surface area contributed by atoms with Gasteiger partial charge in [0.2, 0.25) is 11.8 Å². The third-order valence-electron chi connectivity index (χ3n) is 5.23. The highest BCUT2D eigenvalue weighted by Gasteiger charge is 2.25. The lowest BCUT2D eigenvalue weighted by atomic mass is 10.0. The fourth-order valence-corrected chi connectivity index (χ4v) is 3.60. The minimum absolute atomic E-state index is 0.0361. The van der Waals surface area contributed by atoms with E-state index >= 15 is 0 Å². The maximum atomic E-state index is 12.7. The van der Waals surface area contributed by atoms with E-state index < -0.39 is 0 Å². The molecule has 5 nitrogen and oxygen atoms in total. The molecular formula is C25H24N2O3. The fourth-order valence-electron chi connectivity index (χ4n) is 3.60. The zero-order valence-corrected chi connectivity index (χ0v) is 16.9. The number of fused-ring (bicyclic) bond motifs is 1. The van der Waals surface area contributed by atoms with Gasteiger partial charge in [-0.25, -0.2) is 0 Å². The van der Waals surface area contributed by atoms with Crippen LogP contribution in [0.15, 0.2) is 78.9 Å². The van der Waals surface area contributed by atoms with Crippen LogP contribution in [0.5, 0.6) is 5.75 Å². The van der Waals surface area contributed by atoms with Crippen molar-refractivity contribution in [3.63, 3.8) is 0 Å². The van der Waals surface area contributed by atoms with Crippen molar-refractivity contribution in [1.82, 2.24) is 5.32 Å². The third-order valence-corrected chi connectivity index (χ3v) is 5.23. The van der Waals surface area contributed by atoms with Gasteiger partial charge in [0.1, 0.15) is 12.3 Å². The molecule has 0 aromatic heterocycles. The van der Waals surface area contributed by atoms with E-state index in [9.17, 15) is 9.59 Å². The van der Waals surface area contributed by atoms with Crippen molar-refractivity contribution in [3.8, 4) is 16.9 Å². The van der Waals surface area contributed by atoms with E-state index in [0.717, 1.165) is 16.7 Å². The van der Waals surface area contributed by atoms with E-state index in [-0.39, 0.29) is 30.8 Å². The van der Waals surface area contributed by atoms with Gasteiger partial charge in [-0.15, -0.1) is 0 Å². The summed E-state index contributed by atoms with van der Waals surface area (Å²) >= 11 is 0. The first-order chi connectivity index (χ1) is 14.6. The SMILES string of the molecule is C[C@@H](NC(=O)CN1C(=O)CCOc2ccccc21)c1ccc(-c2ccccc2)cc1. The second-order valence-electron chi connectivity index (χ2n) is 7.32. The first kappa shape index (κ1) is 19.7. The predicted octanol–water partition coefficient (Wildman–Crippen LogP) is 4.35. The van der Waals surface area contributed by atoms with Crippen LogP contribution >= 0.6 is 0 Å². The van der Waals surface area contributed by atoms with Crippen molar-refractivity contribution < 1.29 is 14.3 Å². The van der Waals surface area contributed by atoms with Crippen molar-refractivity contribution in [1.29, 1.82) is 0 Å². The molecule has 5 heteroatoms. The van der Waals surface area contributed by atoms with Crippen LogP contribution in [-0.4, -0.2) is 25.0 Å². The second kappa shape index (κ2) is 8.82. The van der Waals surface area contributed by atoms with E-state index in [4.69, 9.17) is 4.74 Å². The smallest absolute Gasteiger partial charge is 0.240 e. The number of carbonyl (C=O) groups excluding carboxylic acids is 2. The normalized spacial score (nSPS) is 14.3. The van der Waals surface area contributed by atoms with Crippen LogP contribution in [0.1, 0.15) is 24.9 Å². The lowest BCUT2D eigenvalue weighted by Crippen LogP contribution is -2.41. The zero-order valence-electron chi connectivity index (χ0n) is 16.9. The quantitative estimate of drug-likeness (QED) is 0.693. The summed E-state index contributed by atoms with van der Waals surface area (Å²) in [7, 11) is 0. The number of benzene rings is 3. The number of nitrogens with one attached hydrogen (secondary N) is 1. The number of para-hydroxylation sites is 2. The summed E-state index contributed by atoms with van der Waals surface area (Å²) in [4.78, 5) is 26.7. The van der Waals surface area contributed by atoms with Gasteiger partial charge in [0.15, 0.2) is 0 Å². The molecule has 1 heterocycles. The molecular weight excluding hydrogens is 376 g/mol. The molecule has 0 spiro atoms. The van der Waals surface area contributed by atoms with Gasteiger partial charge in [0, 0.05) is 0 Å². The van der Waals surface area contributed by atoms with E-state index in [1.807, 2.05) is 55.5 Å². The average molecular weight is 400 g/mol. The Morgan fingerprint density at radius 3 is 2.40 bits per heavy atom. The van der Waals surface area contributed by atoms with Crippen molar-refractivity contribution >= 4 is 17.5 Å². The molecule has 152 valence electrons. The Kier molecular flexibility index (Phi) is 5.80. The number of carbonyl (C=O) groups is 2. The van der Waals surface area contributed by atoms with Crippen molar-refractivity contribution in [3.05, 3.63) is 84.4 Å². The number of rotatable bonds is 5. The number of hydrogen-bond acceptors (Lipinski definition) is 3. The monoisotopic (exact) mass is 400 g/mol. The van der Waals surface area contributed by atoms with Crippen LogP contribution in [0, 0.1) is 0 Å². The molecule has 1 atom stereocenters. The third kappa shape index (κ3) is 4.35. The highest BCUT2D eigenvalue weighted by molar-refractivity contribution is 6.00. The molecule has 0 bridgehead atoms. The van der Waals surface area contributed by atoms with Crippen molar-refractivity contribution in [2.45, 2.75) is 19.4 Å². The molecule has 2 amide bonds. The highest BCUT2D eigenvalue weighted by atomic mass is 16.5. The van der Waals surface area contributed by atoms with Crippen LogP contribution in [0.25, 0.3) is 11.1 Å². The Labute approximate surface area is 176 Å². The zero-order chi connectivity index (χ0) is 20.9. The Balaban J connectivity index is 1.43. The molecule has 1 N–H and O–H groups in total. The number of amides is 2. The van der Waals surface area contributed by atoms with Gasteiger partial charge in [0.25, 0.3) is 0 Å². The number of ether oxygens (including phenoxy) is 1. The van der Waals surface area contributed by atoms with E-state index in [1.165, 1.54) is 4.90 Å². The Hall–Kier alpha value is -3.60. The molecule has 30 heavy (non-hydrogen) atoms. The second-order valence-corrected chi connectivity index (χ2v) is 7.32. The van der Waals surface area contributed by atoms with Crippen LogP contribution in [-0.2, 0) is 9.59 Å². The summed E-state index contributed by atoms with van der Waals surface area (Å²) in [5, 5.41) is 3.00. The molecule has 0 fully saturated rings. The summed E-state index contributed by atoms with van der Waals surface area (Å²) in [6, 6.07) is 25.5. The summed E-state index contributed by atoms with van der Waals surface area (Å²) in [6.07, 6.45) is 0.248. The number of nitrogens with zero attached hydrogens (tertiary/aromatic N) is 1. The van der Waals surface area contributed by atoms with Crippen LogP contribution in [0.3, 0.4) is 0 Å². The maximum Gasteiger partial charge on any atom is 0.240 e. The highest BCUT2D eigenvalue weighted by Crippen LogP contribution is 2.30. The van der Waals surface area contributed by atoms with E-state index in [0.29, 0.717) is 18.0 Å². The molecule has 1 aliphatic rings. The van der Waals surface area contributed by atoms with Gasteiger partial charge in [0.05, 0.1) is 24.8 Å². The first-order valence-corrected chi connectivity index (χ1v) is 10.1. The molecule has 1 aliphatic heterocycles. The predicted molar refractivity (Wildman–Crippen MR) is 117 cm³/mol. The number of hydrogen-bond donors (Lipinski definition) is 1. The standard InChI is InChI=1S/C25H24N2O3/c1-18(19-11-13-21(14-12-19)20-7-3-2-4-8-20)26-24(28)17-27-22-9-5-6-10-23(22)30-16-15-25(27)29/h2-14,18H,15-17H2,1H3,(H,26,28)/t18-/m1/s1. The lowest BCUT2D eigenvalue weighted by Gasteiger charge is -2.23. The Bertz CT molecular complexity index is 1030. The minimum atomic E-state index is -0.209. The van der Waals surface area contributed by atoms with Gasteiger partial charge < -0.3 is 10.1 Å². The van der Waals surface area contributed by atoms with Crippen LogP contribution < -0.4 is 15.0 Å². The minimum Gasteiger partial charge on any atom is -0.491 e.